The molecule has 0 saturated carbocycles. The number of rotatable bonds is 7. The van der Waals surface area contributed by atoms with Crippen molar-refractivity contribution < 1.29 is 19.1 Å². The molecule has 0 radical (unpaired) electrons. The van der Waals surface area contributed by atoms with Gasteiger partial charge in [0.15, 0.2) is 17.3 Å². The highest BCUT2D eigenvalue weighted by Gasteiger charge is 2.24. The minimum atomic E-state index is -1.32. The molecule has 1 atom stereocenters. The third-order valence-corrected chi connectivity index (χ3v) is 4.47. The summed E-state index contributed by atoms with van der Waals surface area (Å²) < 4.78 is 10.3. The number of halogens is 2. The average Bonchev–Trinajstić information content (AvgIpc) is 2.63. The van der Waals surface area contributed by atoms with Crippen LogP contribution in [-0.4, -0.2) is 32.0 Å². The molecule has 28 heavy (non-hydrogen) atoms. The van der Waals surface area contributed by atoms with E-state index >= 15 is 0 Å². The summed E-state index contributed by atoms with van der Waals surface area (Å²) in [5.41, 5.74) is 1.62. The highest BCUT2D eigenvalue weighted by molar-refractivity contribution is 6.32. The molecular formula is C19H19Cl2N3O4. The van der Waals surface area contributed by atoms with Crippen LogP contribution in [0.15, 0.2) is 40.6 Å². The third-order valence-electron chi connectivity index (χ3n) is 3.76. The molecular weight excluding hydrogens is 405 g/mol. The Hall–Kier alpha value is -2.64. The van der Waals surface area contributed by atoms with E-state index in [1.165, 1.54) is 33.3 Å². The van der Waals surface area contributed by atoms with Gasteiger partial charge < -0.3 is 14.8 Å². The van der Waals surface area contributed by atoms with Crippen molar-refractivity contribution >= 4 is 46.3 Å². The second-order valence-corrected chi connectivity index (χ2v) is 6.66. The Morgan fingerprint density at radius 2 is 1.79 bits per heavy atom. The first-order chi connectivity index (χ1) is 13.3. The zero-order chi connectivity index (χ0) is 20.8. The number of nitrogens with zero attached hydrogens (tertiary/aromatic N) is 2. The maximum atomic E-state index is 12.5. The van der Waals surface area contributed by atoms with Crippen molar-refractivity contribution in [2.45, 2.75) is 19.9 Å². The number of nitrogens with one attached hydrogen (secondary N) is 1. The van der Waals surface area contributed by atoms with Gasteiger partial charge in [0.2, 0.25) is 6.04 Å². The van der Waals surface area contributed by atoms with Crippen molar-refractivity contribution in [2.75, 3.05) is 19.5 Å². The summed E-state index contributed by atoms with van der Waals surface area (Å²) in [6, 6.07) is 6.71. The van der Waals surface area contributed by atoms with Crippen LogP contribution < -0.4 is 14.8 Å². The van der Waals surface area contributed by atoms with E-state index in [1.54, 1.807) is 18.2 Å². The van der Waals surface area contributed by atoms with Crippen LogP contribution in [0.1, 0.15) is 12.5 Å². The monoisotopic (exact) mass is 423 g/mol. The predicted molar refractivity (Wildman–Crippen MR) is 108 cm³/mol. The van der Waals surface area contributed by atoms with Gasteiger partial charge in [-0.15, -0.1) is 0 Å². The van der Waals surface area contributed by atoms with Gasteiger partial charge in [0.1, 0.15) is 0 Å². The molecule has 2 aromatic carbocycles. The Balaban J connectivity index is 2.23. The van der Waals surface area contributed by atoms with Crippen LogP contribution in [-0.2, 0) is 9.59 Å². The van der Waals surface area contributed by atoms with Gasteiger partial charge in [-0.1, -0.05) is 23.2 Å². The smallest absolute Gasteiger partial charge is 0.258 e. The first-order valence-corrected chi connectivity index (χ1v) is 8.92. The molecule has 0 bridgehead atoms. The van der Waals surface area contributed by atoms with Gasteiger partial charge in [0.05, 0.1) is 24.9 Å². The summed E-state index contributed by atoms with van der Waals surface area (Å²) in [6.07, 6.45) is 0. The molecule has 0 spiro atoms. The van der Waals surface area contributed by atoms with E-state index in [4.69, 9.17) is 32.7 Å². The number of methoxy groups -OCH3 is 2. The van der Waals surface area contributed by atoms with Crippen molar-refractivity contribution in [1.29, 1.82) is 0 Å². The normalized spacial score (nSPS) is 11.9. The lowest BCUT2D eigenvalue weighted by molar-refractivity contribution is -0.126. The maximum Gasteiger partial charge on any atom is 0.258 e. The van der Waals surface area contributed by atoms with Crippen molar-refractivity contribution in [3.8, 4) is 11.5 Å². The van der Waals surface area contributed by atoms with Crippen LogP contribution >= 0.6 is 23.2 Å². The van der Waals surface area contributed by atoms with Gasteiger partial charge in [0.25, 0.3) is 5.91 Å². The van der Waals surface area contributed by atoms with E-state index in [0.717, 1.165) is 5.56 Å². The molecule has 9 heteroatoms. The van der Waals surface area contributed by atoms with Crippen LogP contribution in [0.5, 0.6) is 11.5 Å². The fourth-order valence-corrected chi connectivity index (χ4v) is 2.74. The van der Waals surface area contributed by atoms with Gasteiger partial charge in [-0.2, -0.15) is 10.2 Å². The molecule has 0 heterocycles. The van der Waals surface area contributed by atoms with Gasteiger partial charge in [-0.3, -0.25) is 9.59 Å². The van der Waals surface area contributed by atoms with Gasteiger partial charge in [-0.05, 0) is 43.7 Å². The van der Waals surface area contributed by atoms with E-state index in [2.05, 4.69) is 15.5 Å². The van der Waals surface area contributed by atoms with Crippen LogP contribution in [0.3, 0.4) is 0 Å². The van der Waals surface area contributed by atoms with Crippen LogP contribution in [0.2, 0.25) is 10.0 Å². The number of benzene rings is 2. The number of Topliss-reactive ketones (excluding diaryl/α,β-unsaturated/α-hetero) is 1. The molecule has 0 aliphatic heterocycles. The zero-order valence-electron chi connectivity index (χ0n) is 15.7. The number of hydrogen-bond donors (Lipinski definition) is 1. The van der Waals surface area contributed by atoms with E-state index in [0.29, 0.717) is 27.9 Å². The molecule has 0 fully saturated rings. The molecule has 7 nitrogen and oxygen atoms in total. The van der Waals surface area contributed by atoms with Crippen LogP contribution in [0.4, 0.5) is 11.4 Å². The lowest BCUT2D eigenvalue weighted by atomic mass is 10.2. The Kier molecular flexibility index (Phi) is 7.37. The molecule has 1 unspecified atom stereocenters. The van der Waals surface area contributed by atoms with Gasteiger partial charge in [-0.25, -0.2) is 0 Å². The average molecular weight is 424 g/mol. The number of carbonyl (C=O) groups is 2. The summed E-state index contributed by atoms with van der Waals surface area (Å²) in [5.74, 6) is -0.435. The number of anilines is 1. The highest BCUT2D eigenvalue weighted by atomic mass is 35.5. The number of aryl methyl sites for hydroxylation is 1. The highest BCUT2D eigenvalue weighted by Crippen LogP contribution is 2.37. The molecule has 0 aliphatic carbocycles. The molecule has 0 aliphatic rings. The second kappa shape index (κ2) is 9.52. The SMILES string of the molecule is COc1cc(NC(=O)C(N=Nc2ccc(Cl)c(C)c2)C(C)=O)cc(Cl)c1OC. The largest absolute Gasteiger partial charge is 0.493 e. The molecule has 0 aromatic heterocycles. The summed E-state index contributed by atoms with van der Waals surface area (Å²) in [4.78, 5) is 24.4. The summed E-state index contributed by atoms with van der Waals surface area (Å²) in [5, 5.41) is 11.3. The number of azo groups is 1. The quantitative estimate of drug-likeness (QED) is 0.501. The Bertz CT molecular complexity index is 932. The third kappa shape index (κ3) is 5.21. The molecule has 2 aromatic rings. The summed E-state index contributed by atoms with van der Waals surface area (Å²) in [6.45, 7) is 3.08. The first kappa shape index (κ1) is 21.7. The minimum Gasteiger partial charge on any atom is -0.493 e. The number of ketones is 1. The van der Waals surface area contributed by atoms with E-state index < -0.39 is 17.7 Å². The maximum absolute atomic E-state index is 12.5. The van der Waals surface area contributed by atoms with Crippen LogP contribution in [0, 0.1) is 6.92 Å². The minimum absolute atomic E-state index is 0.245. The van der Waals surface area contributed by atoms with Crippen molar-refractivity contribution in [2.24, 2.45) is 10.2 Å². The lowest BCUT2D eigenvalue weighted by Crippen LogP contribution is -2.31. The van der Waals surface area contributed by atoms with Crippen LogP contribution in [0.25, 0.3) is 0 Å². The summed E-state index contributed by atoms with van der Waals surface area (Å²) >= 11 is 12.1. The number of ether oxygens (including phenoxy) is 2. The number of amides is 1. The van der Waals surface area contributed by atoms with Gasteiger partial charge >= 0.3 is 0 Å². The van der Waals surface area contributed by atoms with Crippen molar-refractivity contribution in [3.05, 3.63) is 45.9 Å². The second-order valence-electron chi connectivity index (χ2n) is 5.84. The van der Waals surface area contributed by atoms with E-state index in [-0.39, 0.29) is 5.02 Å². The predicted octanol–water partition coefficient (Wildman–Crippen LogP) is 5.00. The topological polar surface area (TPSA) is 89.4 Å². The van der Waals surface area contributed by atoms with Gasteiger partial charge in [0, 0.05) is 16.8 Å². The fourth-order valence-electron chi connectivity index (χ4n) is 2.33. The lowest BCUT2D eigenvalue weighted by Gasteiger charge is -2.14. The number of carbonyl (C=O) groups excluding carboxylic acids is 2. The fraction of sp³-hybridized carbons (Fsp3) is 0.263. The Labute approximate surface area is 172 Å². The molecule has 2 rings (SSSR count). The van der Waals surface area contributed by atoms with Crippen molar-refractivity contribution in [1.82, 2.24) is 0 Å². The van der Waals surface area contributed by atoms with E-state index in [9.17, 15) is 9.59 Å². The zero-order valence-corrected chi connectivity index (χ0v) is 17.3. The Morgan fingerprint density at radius 3 is 2.36 bits per heavy atom. The molecule has 1 amide bonds. The van der Waals surface area contributed by atoms with E-state index in [1.807, 2.05) is 6.92 Å². The summed E-state index contributed by atoms with van der Waals surface area (Å²) in [7, 11) is 2.90. The molecule has 1 N–H and O–H groups in total. The molecule has 148 valence electrons. The Morgan fingerprint density at radius 1 is 1.07 bits per heavy atom. The standard InChI is InChI=1S/C19H19Cl2N3O4/c1-10-7-12(5-6-14(10)20)23-24-17(11(2)25)19(26)22-13-8-15(21)18(28-4)16(9-13)27-3/h5-9,17H,1-4H3,(H,22,26). The first-order valence-electron chi connectivity index (χ1n) is 8.16. The molecule has 0 saturated heterocycles. The number of hydrogen-bond acceptors (Lipinski definition) is 6. The van der Waals surface area contributed by atoms with Crippen molar-refractivity contribution in [3.63, 3.8) is 0 Å².